The van der Waals surface area contributed by atoms with Gasteiger partial charge in [0.2, 0.25) is 11.8 Å². The molecule has 1 N–H and O–H groups in total. The summed E-state index contributed by atoms with van der Waals surface area (Å²) in [4.78, 5) is 29.6. The standard InChI is InChI=1S/C22H27N3O2/c1-2-24-12-6-9-18(24)15-25-14-17(13-21(25)26)22(27)23-20-11-5-8-16-7-3-4-10-19(16)20/h3-5,7-8,10-11,17-18H,2,6,9,12-15H2,1H3,(H,23,27). The van der Waals surface area contributed by atoms with Crippen molar-refractivity contribution in [1.82, 2.24) is 9.80 Å². The number of rotatable bonds is 5. The van der Waals surface area contributed by atoms with Crippen LogP contribution in [0.2, 0.25) is 0 Å². The molecule has 2 atom stereocenters. The number of fused-ring (bicyclic) bond motifs is 1. The van der Waals surface area contributed by atoms with E-state index in [-0.39, 0.29) is 17.7 Å². The lowest BCUT2D eigenvalue weighted by molar-refractivity contribution is -0.128. The van der Waals surface area contributed by atoms with Crippen molar-refractivity contribution in [2.75, 3.05) is 31.5 Å². The van der Waals surface area contributed by atoms with Crippen molar-refractivity contribution in [3.63, 3.8) is 0 Å². The molecule has 0 radical (unpaired) electrons. The van der Waals surface area contributed by atoms with Gasteiger partial charge in [0, 0.05) is 36.6 Å². The van der Waals surface area contributed by atoms with Gasteiger partial charge in [0.05, 0.1) is 5.92 Å². The van der Waals surface area contributed by atoms with E-state index < -0.39 is 0 Å². The predicted molar refractivity (Wildman–Crippen MR) is 108 cm³/mol. The number of carbonyl (C=O) groups is 2. The minimum absolute atomic E-state index is 0.0547. The van der Waals surface area contributed by atoms with E-state index in [0.717, 1.165) is 42.5 Å². The highest BCUT2D eigenvalue weighted by Gasteiger charge is 2.37. The molecule has 2 aromatic carbocycles. The number of nitrogens with zero attached hydrogens (tertiary/aromatic N) is 2. The second-order valence-corrected chi connectivity index (χ2v) is 7.64. The third kappa shape index (κ3) is 3.69. The summed E-state index contributed by atoms with van der Waals surface area (Å²) in [6.07, 6.45) is 2.66. The lowest BCUT2D eigenvalue weighted by atomic mass is 10.1. The summed E-state index contributed by atoms with van der Waals surface area (Å²) in [6, 6.07) is 14.4. The van der Waals surface area contributed by atoms with Crippen molar-refractivity contribution in [1.29, 1.82) is 0 Å². The number of benzene rings is 2. The quantitative estimate of drug-likeness (QED) is 0.886. The fourth-order valence-electron chi connectivity index (χ4n) is 4.47. The number of anilines is 1. The molecule has 2 aromatic rings. The minimum atomic E-state index is -0.270. The number of carbonyl (C=O) groups excluding carboxylic acids is 2. The van der Waals surface area contributed by atoms with E-state index in [0.29, 0.717) is 19.0 Å². The van der Waals surface area contributed by atoms with Gasteiger partial charge >= 0.3 is 0 Å². The Morgan fingerprint density at radius 1 is 1.19 bits per heavy atom. The smallest absolute Gasteiger partial charge is 0.229 e. The first kappa shape index (κ1) is 18.0. The molecule has 2 heterocycles. The average molecular weight is 365 g/mol. The van der Waals surface area contributed by atoms with Crippen LogP contribution < -0.4 is 5.32 Å². The van der Waals surface area contributed by atoms with E-state index in [1.54, 1.807) is 0 Å². The zero-order valence-electron chi connectivity index (χ0n) is 15.9. The molecule has 5 nitrogen and oxygen atoms in total. The van der Waals surface area contributed by atoms with Gasteiger partial charge in [0.15, 0.2) is 0 Å². The highest BCUT2D eigenvalue weighted by Crippen LogP contribution is 2.27. The molecule has 2 aliphatic heterocycles. The molecule has 142 valence electrons. The normalized spacial score (nSPS) is 23.3. The van der Waals surface area contributed by atoms with Gasteiger partial charge in [-0.05, 0) is 37.4 Å². The highest BCUT2D eigenvalue weighted by atomic mass is 16.2. The molecule has 2 amide bonds. The summed E-state index contributed by atoms with van der Waals surface area (Å²) >= 11 is 0. The van der Waals surface area contributed by atoms with E-state index in [9.17, 15) is 9.59 Å². The maximum Gasteiger partial charge on any atom is 0.229 e. The monoisotopic (exact) mass is 365 g/mol. The third-order valence-corrected chi connectivity index (χ3v) is 5.97. The Morgan fingerprint density at radius 3 is 2.85 bits per heavy atom. The van der Waals surface area contributed by atoms with E-state index >= 15 is 0 Å². The first-order valence-corrected chi connectivity index (χ1v) is 9.96. The van der Waals surface area contributed by atoms with E-state index in [2.05, 4.69) is 17.1 Å². The van der Waals surface area contributed by atoms with Crippen LogP contribution in [0.3, 0.4) is 0 Å². The van der Waals surface area contributed by atoms with Crippen molar-refractivity contribution in [2.24, 2.45) is 5.92 Å². The SMILES string of the molecule is CCN1CCCC1CN1CC(C(=O)Nc2cccc3ccccc23)CC1=O. The molecule has 2 aliphatic rings. The molecule has 0 saturated carbocycles. The number of amides is 2. The van der Waals surface area contributed by atoms with Gasteiger partial charge in [-0.1, -0.05) is 43.3 Å². The fraction of sp³-hybridized carbons (Fsp3) is 0.455. The summed E-state index contributed by atoms with van der Waals surface area (Å²) < 4.78 is 0. The zero-order valence-corrected chi connectivity index (χ0v) is 15.9. The zero-order chi connectivity index (χ0) is 18.8. The number of hydrogen-bond donors (Lipinski definition) is 1. The van der Waals surface area contributed by atoms with Crippen LogP contribution in [0.4, 0.5) is 5.69 Å². The van der Waals surface area contributed by atoms with Crippen LogP contribution in [0.1, 0.15) is 26.2 Å². The number of likely N-dealkylation sites (N-methyl/N-ethyl adjacent to an activating group) is 1. The van der Waals surface area contributed by atoms with Crippen molar-refractivity contribution >= 4 is 28.3 Å². The first-order valence-electron chi connectivity index (χ1n) is 9.96. The maximum absolute atomic E-state index is 12.8. The predicted octanol–water partition coefficient (Wildman–Crippen LogP) is 3.11. The molecule has 2 saturated heterocycles. The highest BCUT2D eigenvalue weighted by molar-refractivity contribution is 6.04. The van der Waals surface area contributed by atoms with E-state index in [1.165, 1.54) is 6.42 Å². The Balaban J connectivity index is 1.42. The van der Waals surface area contributed by atoms with Crippen molar-refractivity contribution in [2.45, 2.75) is 32.2 Å². The van der Waals surface area contributed by atoms with Crippen LogP contribution in [0.15, 0.2) is 42.5 Å². The van der Waals surface area contributed by atoms with Gasteiger partial charge in [-0.25, -0.2) is 0 Å². The summed E-state index contributed by atoms with van der Waals surface area (Å²) in [5.74, 6) is -0.218. The lowest BCUT2D eigenvalue weighted by Crippen LogP contribution is -2.41. The fourth-order valence-corrected chi connectivity index (χ4v) is 4.47. The van der Waals surface area contributed by atoms with Gasteiger partial charge < -0.3 is 10.2 Å². The molecule has 27 heavy (non-hydrogen) atoms. The lowest BCUT2D eigenvalue weighted by Gasteiger charge is -2.27. The van der Waals surface area contributed by atoms with Gasteiger partial charge in [-0.3, -0.25) is 14.5 Å². The third-order valence-electron chi connectivity index (χ3n) is 5.97. The number of hydrogen-bond acceptors (Lipinski definition) is 3. The summed E-state index contributed by atoms with van der Waals surface area (Å²) in [5, 5.41) is 5.18. The Labute approximate surface area is 160 Å². The van der Waals surface area contributed by atoms with E-state index in [1.807, 2.05) is 47.4 Å². The van der Waals surface area contributed by atoms with Crippen LogP contribution in [-0.4, -0.2) is 53.8 Å². The number of likely N-dealkylation sites (tertiary alicyclic amines) is 2. The Bertz CT molecular complexity index is 845. The molecular weight excluding hydrogens is 338 g/mol. The largest absolute Gasteiger partial charge is 0.340 e. The van der Waals surface area contributed by atoms with Gasteiger partial charge in [-0.2, -0.15) is 0 Å². The Morgan fingerprint density at radius 2 is 2.00 bits per heavy atom. The minimum Gasteiger partial charge on any atom is -0.340 e. The van der Waals surface area contributed by atoms with Crippen LogP contribution in [-0.2, 0) is 9.59 Å². The van der Waals surface area contributed by atoms with E-state index in [4.69, 9.17) is 0 Å². The van der Waals surface area contributed by atoms with Crippen molar-refractivity contribution < 1.29 is 9.59 Å². The Kier molecular flexibility index (Phi) is 5.12. The molecular formula is C22H27N3O2. The van der Waals surface area contributed by atoms with Gasteiger partial charge in [0.1, 0.15) is 0 Å². The van der Waals surface area contributed by atoms with Crippen molar-refractivity contribution in [3.8, 4) is 0 Å². The molecule has 0 aromatic heterocycles. The molecule has 0 aliphatic carbocycles. The molecule has 2 fully saturated rings. The summed E-state index contributed by atoms with van der Waals surface area (Å²) in [7, 11) is 0. The molecule has 0 spiro atoms. The topological polar surface area (TPSA) is 52.6 Å². The second-order valence-electron chi connectivity index (χ2n) is 7.64. The molecule has 4 rings (SSSR count). The van der Waals surface area contributed by atoms with Crippen LogP contribution >= 0.6 is 0 Å². The maximum atomic E-state index is 12.8. The summed E-state index contributed by atoms with van der Waals surface area (Å²) in [5.41, 5.74) is 0.817. The van der Waals surface area contributed by atoms with Crippen LogP contribution in [0.5, 0.6) is 0 Å². The van der Waals surface area contributed by atoms with Gasteiger partial charge in [-0.15, -0.1) is 0 Å². The summed E-state index contributed by atoms with van der Waals surface area (Å²) in [6.45, 7) is 5.60. The Hall–Kier alpha value is -2.40. The molecule has 0 bridgehead atoms. The van der Waals surface area contributed by atoms with Crippen molar-refractivity contribution in [3.05, 3.63) is 42.5 Å². The molecule has 2 unspecified atom stereocenters. The van der Waals surface area contributed by atoms with Crippen LogP contribution in [0.25, 0.3) is 10.8 Å². The molecule has 5 heteroatoms. The second kappa shape index (κ2) is 7.69. The average Bonchev–Trinajstić information content (AvgIpc) is 3.29. The number of nitrogens with one attached hydrogen (secondary N) is 1. The van der Waals surface area contributed by atoms with Crippen LogP contribution in [0, 0.1) is 5.92 Å². The van der Waals surface area contributed by atoms with Gasteiger partial charge in [0.25, 0.3) is 0 Å². The first-order chi connectivity index (χ1) is 13.2.